The van der Waals surface area contributed by atoms with Crippen molar-refractivity contribution in [3.8, 4) is 0 Å². The molecule has 0 saturated heterocycles. The summed E-state index contributed by atoms with van der Waals surface area (Å²) in [5.41, 5.74) is 0. The molecule has 0 heterocycles. The highest BCUT2D eigenvalue weighted by Gasteiger charge is 2.04. The van der Waals surface area contributed by atoms with E-state index in [0.717, 1.165) is 11.8 Å². The Kier molecular flexibility index (Phi) is 5.87. The minimum absolute atomic E-state index is 0.757. The third kappa shape index (κ3) is 6.26. The van der Waals surface area contributed by atoms with E-state index in [1.807, 2.05) is 0 Å². The quantitative estimate of drug-likeness (QED) is 0.611. The molecule has 0 bridgehead atoms. The fourth-order valence-electron chi connectivity index (χ4n) is 1.28. The van der Waals surface area contributed by atoms with E-state index in [0.29, 0.717) is 0 Å². The molecule has 0 aromatic carbocycles. The second-order valence-electron chi connectivity index (χ2n) is 4.10. The van der Waals surface area contributed by atoms with Crippen LogP contribution in [0.5, 0.6) is 0 Å². The van der Waals surface area contributed by atoms with E-state index in [9.17, 15) is 0 Å². The second kappa shape index (κ2) is 6.10. The third-order valence-electron chi connectivity index (χ3n) is 1.95. The lowest BCUT2D eigenvalue weighted by Gasteiger charge is -2.13. The van der Waals surface area contributed by atoms with Gasteiger partial charge >= 0.3 is 0 Å². The maximum Gasteiger partial charge on any atom is 0.00555 e. The van der Waals surface area contributed by atoms with Gasteiger partial charge in [-0.1, -0.05) is 26.8 Å². The van der Waals surface area contributed by atoms with Crippen LogP contribution >= 0.6 is 0 Å². The van der Waals surface area contributed by atoms with E-state index < -0.39 is 0 Å². The summed E-state index contributed by atoms with van der Waals surface area (Å²) in [5, 5.41) is 0. The average Bonchev–Trinajstić information content (AvgIpc) is 1.97. The standard InChI is InChI=1S/C11H23N/c1-6-11(9-10(2)3)7-8-12(4)5/h7-8,10-11H,6,9H2,1-5H3/b8-7-. The molecule has 0 aliphatic heterocycles. The molecule has 0 rings (SSSR count). The first-order chi connectivity index (χ1) is 5.56. The Morgan fingerprint density at radius 1 is 1.25 bits per heavy atom. The molecule has 0 spiro atoms. The van der Waals surface area contributed by atoms with Gasteiger partial charge in [0.25, 0.3) is 0 Å². The van der Waals surface area contributed by atoms with Crippen LogP contribution in [0.3, 0.4) is 0 Å². The van der Waals surface area contributed by atoms with Gasteiger partial charge in [-0.2, -0.15) is 0 Å². The molecule has 1 atom stereocenters. The lowest BCUT2D eigenvalue weighted by atomic mass is 9.95. The van der Waals surface area contributed by atoms with Crippen LogP contribution in [0.1, 0.15) is 33.6 Å². The molecule has 0 fully saturated rings. The zero-order valence-corrected chi connectivity index (χ0v) is 9.17. The Labute approximate surface area is 77.5 Å². The maximum absolute atomic E-state index is 2.32. The molecule has 0 aliphatic carbocycles. The SMILES string of the molecule is CCC(/C=C\N(C)C)CC(C)C. The van der Waals surface area contributed by atoms with Crippen molar-refractivity contribution in [3.63, 3.8) is 0 Å². The van der Waals surface area contributed by atoms with E-state index in [4.69, 9.17) is 0 Å². The number of rotatable bonds is 5. The van der Waals surface area contributed by atoms with E-state index >= 15 is 0 Å². The molecule has 0 aromatic rings. The monoisotopic (exact) mass is 169 g/mol. The summed E-state index contributed by atoms with van der Waals surface area (Å²) in [4.78, 5) is 2.10. The molecule has 12 heavy (non-hydrogen) atoms. The summed E-state index contributed by atoms with van der Waals surface area (Å²) in [6.07, 6.45) is 7.04. The predicted octanol–water partition coefficient (Wildman–Crippen LogP) is 3.13. The summed E-state index contributed by atoms with van der Waals surface area (Å²) in [6.45, 7) is 6.82. The molecule has 1 nitrogen and oxygen atoms in total. The first kappa shape index (κ1) is 11.5. The van der Waals surface area contributed by atoms with Crippen molar-refractivity contribution in [1.29, 1.82) is 0 Å². The Morgan fingerprint density at radius 2 is 1.83 bits per heavy atom. The van der Waals surface area contributed by atoms with Gasteiger partial charge in [-0.25, -0.2) is 0 Å². The van der Waals surface area contributed by atoms with E-state index in [-0.39, 0.29) is 0 Å². The summed E-state index contributed by atoms with van der Waals surface area (Å²) in [5.74, 6) is 1.56. The van der Waals surface area contributed by atoms with Gasteiger partial charge in [-0.05, 0) is 30.9 Å². The van der Waals surface area contributed by atoms with Crippen LogP contribution in [0, 0.1) is 11.8 Å². The van der Waals surface area contributed by atoms with Crippen molar-refractivity contribution in [1.82, 2.24) is 4.90 Å². The van der Waals surface area contributed by atoms with Crippen molar-refractivity contribution in [2.75, 3.05) is 14.1 Å². The first-order valence-electron chi connectivity index (χ1n) is 4.91. The van der Waals surface area contributed by atoms with Gasteiger partial charge in [0.1, 0.15) is 0 Å². The highest BCUT2D eigenvalue weighted by molar-refractivity contribution is 4.86. The van der Waals surface area contributed by atoms with Crippen molar-refractivity contribution >= 4 is 0 Å². The zero-order valence-electron chi connectivity index (χ0n) is 9.17. The fraction of sp³-hybridized carbons (Fsp3) is 0.818. The summed E-state index contributed by atoms with van der Waals surface area (Å²) >= 11 is 0. The highest BCUT2D eigenvalue weighted by atomic mass is 15.0. The lowest BCUT2D eigenvalue weighted by Crippen LogP contribution is -2.04. The van der Waals surface area contributed by atoms with Gasteiger partial charge in [0.15, 0.2) is 0 Å². The summed E-state index contributed by atoms with van der Waals surface area (Å²) in [6, 6.07) is 0. The maximum atomic E-state index is 2.32. The number of allylic oxidation sites excluding steroid dienone is 1. The Hall–Kier alpha value is -0.460. The third-order valence-corrected chi connectivity index (χ3v) is 1.95. The van der Waals surface area contributed by atoms with Crippen molar-refractivity contribution in [3.05, 3.63) is 12.3 Å². The Balaban J connectivity index is 3.82. The largest absolute Gasteiger partial charge is 0.384 e. The molecule has 0 radical (unpaired) electrons. The van der Waals surface area contributed by atoms with Gasteiger partial charge in [-0.3, -0.25) is 0 Å². The van der Waals surface area contributed by atoms with Crippen molar-refractivity contribution < 1.29 is 0 Å². The van der Waals surface area contributed by atoms with Crippen LogP contribution in [-0.2, 0) is 0 Å². The molecule has 0 saturated carbocycles. The topological polar surface area (TPSA) is 3.24 Å². The molecule has 72 valence electrons. The van der Waals surface area contributed by atoms with Crippen LogP contribution in [0.4, 0.5) is 0 Å². The molecule has 1 unspecified atom stereocenters. The zero-order chi connectivity index (χ0) is 9.56. The molecular weight excluding hydrogens is 146 g/mol. The van der Waals surface area contributed by atoms with Gasteiger partial charge in [0.2, 0.25) is 0 Å². The lowest BCUT2D eigenvalue weighted by molar-refractivity contribution is 0.456. The first-order valence-corrected chi connectivity index (χ1v) is 4.91. The highest BCUT2D eigenvalue weighted by Crippen LogP contribution is 2.16. The normalized spacial score (nSPS) is 14.2. The van der Waals surface area contributed by atoms with E-state index in [1.165, 1.54) is 12.8 Å². The van der Waals surface area contributed by atoms with E-state index in [2.05, 4.69) is 52.0 Å². The molecular formula is C11H23N. The van der Waals surface area contributed by atoms with Gasteiger partial charge in [0.05, 0.1) is 0 Å². The minimum atomic E-state index is 0.757. The predicted molar refractivity (Wildman–Crippen MR) is 56.1 cm³/mol. The number of hydrogen-bond donors (Lipinski definition) is 0. The summed E-state index contributed by atoms with van der Waals surface area (Å²) in [7, 11) is 4.14. The second-order valence-corrected chi connectivity index (χ2v) is 4.10. The minimum Gasteiger partial charge on any atom is -0.384 e. The molecule has 0 N–H and O–H groups in total. The molecule has 0 aliphatic rings. The van der Waals surface area contributed by atoms with Gasteiger partial charge < -0.3 is 4.90 Å². The van der Waals surface area contributed by atoms with Crippen LogP contribution in [0.15, 0.2) is 12.3 Å². The van der Waals surface area contributed by atoms with Crippen molar-refractivity contribution in [2.24, 2.45) is 11.8 Å². The number of nitrogens with zero attached hydrogens (tertiary/aromatic N) is 1. The van der Waals surface area contributed by atoms with Crippen LogP contribution in [0.25, 0.3) is 0 Å². The van der Waals surface area contributed by atoms with Gasteiger partial charge in [0, 0.05) is 14.1 Å². The molecule has 0 amide bonds. The molecule has 1 heteroatoms. The van der Waals surface area contributed by atoms with Crippen LogP contribution in [-0.4, -0.2) is 19.0 Å². The van der Waals surface area contributed by atoms with Gasteiger partial charge in [-0.15, -0.1) is 0 Å². The smallest absolute Gasteiger partial charge is 0.00555 e. The average molecular weight is 169 g/mol. The van der Waals surface area contributed by atoms with Crippen LogP contribution < -0.4 is 0 Å². The molecule has 0 aromatic heterocycles. The number of hydrogen-bond acceptors (Lipinski definition) is 1. The van der Waals surface area contributed by atoms with Crippen LogP contribution in [0.2, 0.25) is 0 Å². The summed E-state index contributed by atoms with van der Waals surface area (Å²) < 4.78 is 0. The Bertz CT molecular complexity index is 125. The fourth-order valence-corrected chi connectivity index (χ4v) is 1.28. The van der Waals surface area contributed by atoms with E-state index in [1.54, 1.807) is 0 Å². The Morgan fingerprint density at radius 3 is 2.17 bits per heavy atom. The van der Waals surface area contributed by atoms with Crippen molar-refractivity contribution in [2.45, 2.75) is 33.6 Å².